The monoisotopic (exact) mass is 533 g/mol. The number of nitriles is 1. The fraction of sp³-hybridized carbons (Fsp3) is 0.652. The van der Waals surface area contributed by atoms with E-state index in [1.807, 2.05) is 6.07 Å². The molecule has 4 rings (SSSR count). The number of rotatable bonds is 5. The third-order valence-electron chi connectivity index (χ3n) is 6.82. The summed E-state index contributed by atoms with van der Waals surface area (Å²) in [6.45, 7) is 0.866. The molecule has 36 heavy (non-hydrogen) atoms. The Bertz CT molecular complexity index is 1090. The van der Waals surface area contributed by atoms with E-state index < -0.39 is 49.5 Å². The lowest BCUT2D eigenvalue weighted by Crippen LogP contribution is -2.36. The summed E-state index contributed by atoms with van der Waals surface area (Å²) < 4.78 is 72.0. The molecule has 9 nitrogen and oxygen atoms in total. The average Bonchev–Trinajstić information content (AvgIpc) is 3.40. The summed E-state index contributed by atoms with van der Waals surface area (Å²) in [6, 6.07) is 5.33. The number of carbonyl (C=O) groups is 1. The molecule has 1 saturated heterocycles. The van der Waals surface area contributed by atoms with E-state index in [2.05, 4.69) is 5.32 Å². The van der Waals surface area contributed by atoms with Gasteiger partial charge in [-0.15, -0.1) is 0 Å². The van der Waals surface area contributed by atoms with Crippen LogP contribution in [0.3, 0.4) is 0 Å². The summed E-state index contributed by atoms with van der Waals surface area (Å²) in [7, 11) is -2.63. The van der Waals surface area contributed by atoms with Gasteiger partial charge in [0.15, 0.2) is 9.84 Å². The molecular formula is C23H30F3N3O6S. The first-order chi connectivity index (χ1) is 16.8. The van der Waals surface area contributed by atoms with Crippen LogP contribution in [-0.4, -0.2) is 67.9 Å². The van der Waals surface area contributed by atoms with E-state index in [1.165, 1.54) is 13.2 Å². The number of carboxylic acid groups (broad SMARTS) is 1. The van der Waals surface area contributed by atoms with Crippen molar-refractivity contribution in [3.05, 3.63) is 23.8 Å². The SMILES string of the molecule is CO[C@H]1CC[C@H](S(=O)(=O)c2ccc(N3CCC(O)CC3)cc2C(F)(F)F)C1.N#CC1(NC(=O)O)CC1. The largest absolute Gasteiger partial charge is 0.465 e. The second-order valence-corrected chi connectivity index (χ2v) is 11.6. The highest BCUT2D eigenvalue weighted by Gasteiger charge is 2.45. The van der Waals surface area contributed by atoms with Crippen molar-refractivity contribution < 1.29 is 41.3 Å². The number of benzene rings is 1. The zero-order valence-corrected chi connectivity index (χ0v) is 20.6. The number of aliphatic hydroxyl groups excluding tert-OH is 1. The lowest BCUT2D eigenvalue weighted by Gasteiger charge is -2.32. The number of anilines is 1. The van der Waals surface area contributed by atoms with E-state index in [4.69, 9.17) is 15.1 Å². The minimum atomic E-state index is -4.77. The van der Waals surface area contributed by atoms with Gasteiger partial charge in [-0.05, 0) is 63.1 Å². The van der Waals surface area contributed by atoms with E-state index in [0.717, 1.165) is 12.1 Å². The number of halogens is 3. The molecule has 2 atom stereocenters. The molecule has 1 amide bonds. The van der Waals surface area contributed by atoms with E-state index in [-0.39, 0.29) is 12.5 Å². The standard InChI is InChI=1S/C18H24F3NO4S.C5H6N2O2/c1-26-14-3-4-15(11-14)27(24,25)17-5-2-12(10-16(17)18(19,20)21)22-8-6-13(23)7-9-22;6-3-5(1-2-5)7-4(8)9/h2,5,10,13-15,23H,3-4,6-9,11H2,1H3;7H,1-2H2,(H,8,9)/t14-,15-;/m0./s1. The van der Waals surface area contributed by atoms with Gasteiger partial charge in [0.05, 0.1) is 34.0 Å². The Balaban J connectivity index is 0.000000338. The molecule has 2 aliphatic carbocycles. The first-order valence-corrected chi connectivity index (χ1v) is 13.2. The number of piperidine rings is 1. The minimum Gasteiger partial charge on any atom is -0.465 e. The third-order valence-corrected chi connectivity index (χ3v) is 9.10. The van der Waals surface area contributed by atoms with Crippen LogP contribution in [0.2, 0.25) is 0 Å². The van der Waals surface area contributed by atoms with Crippen molar-refractivity contribution in [2.45, 2.75) is 79.0 Å². The molecule has 200 valence electrons. The van der Waals surface area contributed by atoms with Crippen LogP contribution in [0.5, 0.6) is 0 Å². The molecule has 1 heterocycles. The number of hydrogen-bond donors (Lipinski definition) is 3. The summed E-state index contributed by atoms with van der Waals surface area (Å²) >= 11 is 0. The summed E-state index contributed by atoms with van der Waals surface area (Å²) in [4.78, 5) is 11.0. The van der Waals surface area contributed by atoms with Crippen molar-refractivity contribution >= 4 is 21.6 Å². The molecule has 1 aromatic carbocycles. The Hall–Kier alpha value is -2.56. The predicted octanol–water partition coefficient (Wildman–Crippen LogP) is 3.32. The van der Waals surface area contributed by atoms with Crippen LogP contribution >= 0.6 is 0 Å². The maximum atomic E-state index is 13.7. The second-order valence-electron chi connectivity index (χ2n) is 9.36. The Labute approximate surface area is 207 Å². The number of hydrogen-bond acceptors (Lipinski definition) is 7. The van der Waals surface area contributed by atoms with Crippen LogP contribution in [0, 0.1) is 11.3 Å². The molecule has 1 aliphatic heterocycles. The molecule has 0 bridgehead atoms. The van der Waals surface area contributed by atoms with Crippen LogP contribution in [0.1, 0.15) is 50.5 Å². The highest BCUT2D eigenvalue weighted by molar-refractivity contribution is 7.92. The lowest BCUT2D eigenvalue weighted by atomic mass is 10.1. The molecule has 0 unspecified atom stereocenters. The molecular weight excluding hydrogens is 503 g/mol. The van der Waals surface area contributed by atoms with Crippen molar-refractivity contribution in [3.8, 4) is 6.07 Å². The second kappa shape index (κ2) is 10.8. The zero-order chi connectivity index (χ0) is 26.7. The van der Waals surface area contributed by atoms with Gasteiger partial charge < -0.3 is 25.2 Å². The van der Waals surface area contributed by atoms with E-state index >= 15 is 0 Å². The Morgan fingerprint density at radius 3 is 2.31 bits per heavy atom. The van der Waals surface area contributed by atoms with Crippen molar-refractivity contribution in [3.63, 3.8) is 0 Å². The van der Waals surface area contributed by atoms with Gasteiger partial charge in [-0.25, -0.2) is 13.2 Å². The zero-order valence-electron chi connectivity index (χ0n) is 19.8. The number of ether oxygens (including phenoxy) is 1. The molecule has 3 aliphatic rings. The third kappa shape index (κ3) is 6.60. The number of alkyl halides is 3. The number of amides is 1. The molecule has 0 radical (unpaired) electrons. The van der Waals surface area contributed by atoms with Crippen molar-refractivity contribution in [2.75, 3.05) is 25.1 Å². The Morgan fingerprint density at radius 1 is 1.22 bits per heavy atom. The number of nitrogens with zero attached hydrogens (tertiary/aromatic N) is 2. The first-order valence-electron chi connectivity index (χ1n) is 11.6. The smallest absolute Gasteiger partial charge is 0.417 e. The van der Waals surface area contributed by atoms with Gasteiger partial charge in [-0.2, -0.15) is 18.4 Å². The normalized spacial score (nSPS) is 23.8. The number of aliphatic hydroxyl groups is 1. The quantitative estimate of drug-likeness (QED) is 0.524. The maximum absolute atomic E-state index is 13.7. The van der Waals surface area contributed by atoms with Crippen LogP contribution < -0.4 is 10.2 Å². The highest BCUT2D eigenvalue weighted by atomic mass is 32.2. The summed E-state index contributed by atoms with van der Waals surface area (Å²) in [6.07, 6.45) is -3.30. The molecule has 0 spiro atoms. The van der Waals surface area contributed by atoms with E-state index in [1.54, 1.807) is 4.90 Å². The van der Waals surface area contributed by atoms with Crippen LogP contribution in [-0.2, 0) is 20.8 Å². The van der Waals surface area contributed by atoms with Crippen molar-refractivity contribution in [1.82, 2.24) is 5.32 Å². The highest BCUT2D eigenvalue weighted by Crippen LogP contribution is 2.41. The van der Waals surface area contributed by atoms with Gasteiger partial charge >= 0.3 is 12.3 Å². The maximum Gasteiger partial charge on any atom is 0.417 e. The fourth-order valence-corrected chi connectivity index (χ4v) is 6.49. The Kier molecular flexibility index (Phi) is 8.42. The molecule has 3 fully saturated rings. The molecule has 1 aromatic rings. The Morgan fingerprint density at radius 2 is 1.86 bits per heavy atom. The topological polar surface area (TPSA) is 140 Å². The molecule has 2 saturated carbocycles. The number of methoxy groups -OCH3 is 1. The number of nitrogens with one attached hydrogen (secondary N) is 1. The van der Waals surface area contributed by atoms with Gasteiger partial charge in [0.1, 0.15) is 5.54 Å². The fourth-order valence-electron chi connectivity index (χ4n) is 4.48. The van der Waals surface area contributed by atoms with E-state index in [0.29, 0.717) is 57.3 Å². The van der Waals surface area contributed by atoms with Gasteiger partial charge in [0, 0.05) is 25.9 Å². The average molecular weight is 534 g/mol. The molecule has 0 aromatic heterocycles. The summed E-state index contributed by atoms with van der Waals surface area (Å²) in [5.41, 5.74) is -1.52. The van der Waals surface area contributed by atoms with Crippen LogP contribution in [0.25, 0.3) is 0 Å². The minimum absolute atomic E-state index is 0.210. The first kappa shape index (κ1) is 28.0. The van der Waals surface area contributed by atoms with E-state index in [9.17, 15) is 31.5 Å². The van der Waals surface area contributed by atoms with Crippen molar-refractivity contribution in [2.24, 2.45) is 0 Å². The summed E-state index contributed by atoms with van der Waals surface area (Å²) in [5.74, 6) is 0. The summed E-state index contributed by atoms with van der Waals surface area (Å²) in [5, 5.41) is 27.3. The van der Waals surface area contributed by atoms with Gasteiger partial charge in [0.2, 0.25) is 0 Å². The van der Waals surface area contributed by atoms with Crippen molar-refractivity contribution in [1.29, 1.82) is 5.26 Å². The van der Waals surface area contributed by atoms with Gasteiger partial charge in [0.25, 0.3) is 0 Å². The van der Waals surface area contributed by atoms with Crippen LogP contribution in [0.15, 0.2) is 23.1 Å². The lowest BCUT2D eigenvalue weighted by molar-refractivity contribution is -0.139. The molecule has 13 heteroatoms. The van der Waals surface area contributed by atoms with Crippen LogP contribution in [0.4, 0.5) is 23.7 Å². The number of sulfone groups is 1. The van der Waals surface area contributed by atoms with Gasteiger partial charge in [-0.3, -0.25) is 0 Å². The predicted molar refractivity (Wildman–Crippen MR) is 123 cm³/mol. The molecule has 3 N–H and O–H groups in total. The van der Waals surface area contributed by atoms with Gasteiger partial charge in [-0.1, -0.05) is 0 Å².